The van der Waals surface area contributed by atoms with Gasteiger partial charge in [0.25, 0.3) is 0 Å². The highest BCUT2D eigenvalue weighted by atomic mass is 79.9. The van der Waals surface area contributed by atoms with E-state index in [0.717, 1.165) is 0 Å². The van der Waals surface area contributed by atoms with E-state index >= 15 is 0 Å². The zero-order chi connectivity index (χ0) is 13.3. The monoisotopic (exact) mass is 350 g/mol. The Labute approximate surface area is 121 Å². The minimum Gasteiger partial charge on any atom is -0.496 e. The number of benzene rings is 1. The van der Waals surface area contributed by atoms with E-state index in [0.29, 0.717) is 20.5 Å². The van der Waals surface area contributed by atoms with E-state index in [1.807, 2.05) is 0 Å². The van der Waals surface area contributed by atoms with Crippen molar-refractivity contribution in [2.24, 2.45) is 0 Å². The molecule has 2 rings (SSSR count). The maximum Gasteiger partial charge on any atom is 0.141 e. The fraction of sp³-hybridized carbons (Fsp3) is 0.167. The van der Waals surface area contributed by atoms with Crippen LogP contribution in [0.25, 0.3) is 0 Å². The van der Waals surface area contributed by atoms with Crippen LogP contribution < -0.4 is 4.74 Å². The van der Waals surface area contributed by atoms with Crippen LogP contribution in [0.1, 0.15) is 16.5 Å². The number of halogens is 3. The van der Waals surface area contributed by atoms with Gasteiger partial charge in [-0.3, -0.25) is 0 Å². The fourth-order valence-corrected chi connectivity index (χ4v) is 2.99. The van der Waals surface area contributed by atoms with Gasteiger partial charge in [-0.25, -0.2) is 4.39 Å². The van der Waals surface area contributed by atoms with Crippen LogP contribution in [0.3, 0.4) is 0 Å². The Morgan fingerprint density at radius 3 is 2.72 bits per heavy atom. The first-order valence-electron chi connectivity index (χ1n) is 4.99. The van der Waals surface area contributed by atoms with E-state index in [4.69, 9.17) is 16.3 Å². The minimum absolute atomic E-state index is 0.278. The molecular formula is C12H9BrClFO2S. The maximum absolute atomic E-state index is 13.4. The van der Waals surface area contributed by atoms with Crippen LogP contribution in [0.5, 0.6) is 5.75 Å². The van der Waals surface area contributed by atoms with Gasteiger partial charge in [0.05, 0.1) is 15.9 Å². The van der Waals surface area contributed by atoms with Crippen LogP contribution in [0, 0.1) is 5.82 Å². The first kappa shape index (κ1) is 13.8. The summed E-state index contributed by atoms with van der Waals surface area (Å²) in [7, 11) is 1.43. The van der Waals surface area contributed by atoms with E-state index in [1.54, 1.807) is 12.1 Å². The zero-order valence-electron chi connectivity index (χ0n) is 9.28. The van der Waals surface area contributed by atoms with Gasteiger partial charge in [0, 0.05) is 16.5 Å². The molecule has 0 saturated carbocycles. The first-order chi connectivity index (χ1) is 8.52. The molecule has 6 heteroatoms. The summed E-state index contributed by atoms with van der Waals surface area (Å²) in [5.74, 6) is -0.139. The molecule has 0 amide bonds. The van der Waals surface area contributed by atoms with Crippen molar-refractivity contribution in [1.82, 2.24) is 0 Å². The van der Waals surface area contributed by atoms with Crippen LogP contribution in [-0.4, -0.2) is 12.2 Å². The van der Waals surface area contributed by atoms with E-state index in [1.165, 1.54) is 30.6 Å². The molecule has 1 heterocycles. The summed E-state index contributed by atoms with van der Waals surface area (Å²) in [4.78, 5) is 0.678. The molecule has 0 spiro atoms. The summed E-state index contributed by atoms with van der Waals surface area (Å²) in [5.41, 5.74) is 0.490. The van der Waals surface area contributed by atoms with Gasteiger partial charge in [0.15, 0.2) is 0 Å². The predicted molar refractivity (Wildman–Crippen MR) is 74.0 cm³/mol. The second kappa shape index (κ2) is 5.57. The number of hydrogen-bond donors (Lipinski definition) is 1. The lowest BCUT2D eigenvalue weighted by Gasteiger charge is -2.14. The summed E-state index contributed by atoms with van der Waals surface area (Å²) >= 11 is 10.2. The second-order valence-electron chi connectivity index (χ2n) is 3.55. The fourth-order valence-electron chi connectivity index (χ4n) is 1.56. The summed E-state index contributed by atoms with van der Waals surface area (Å²) in [6.45, 7) is 0. The normalized spacial score (nSPS) is 12.5. The topological polar surface area (TPSA) is 29.5 Å². The van der Waals surface area contributed by atoms with E-state index in [-0.39, 0.29) is 4.47 Å². The lowest BCUT2D eigenvalue weighted by molar-refractivity contribution is 0.218. The average molecular weight is 352 g/mol. The predicted octanol–water partition coefficient (Wildman–Crippen LogP) is 4.39. The number of ether oxygens (including phenoxy) is 1. The Morgan fingerprint density at radius 2 is 2.17 bits per heavy atom. The molecule has 1 unspecified atom stereocenters. The molecule has 0 fully saturated rings. The third kappa shape index (κ3) is 2.69. The standard InChI is InChI=1S/C12H9BrClFO2S/c1-17-9-5-8(15)7(13)4-6(9)12(16)10-2-3-11(14)18-10/h2-5,12,16H,1H3. The van der Waals surface area contributed by atoms with Gasteiger partial charge in [0.2, 0.25) is 0 Å². The molecule has 1 aromatic carbocycles. The molecule has 1 aromatic heterocycles. The van der Waals surface area contributed by atoms with E-state index in [2.05, 4.69) is 15.9 Å². The molecule has 0 radical (unpaired) electrons. The van der Waals surface area contributed by atoms with Crippen LogP contribution >= 0.6 is 38.9 Å². The second-order valence-corrected chi connectivity index (χ2v) is 6.15. The third-order valence-electron chi connectivity index (χ3n) is 2.43. The Hall–Kier alpha value is -0.620. The Kier molecular flexibility index (Phi) is 4.27. The quantitative estimate of drug-likeness (QED) is 0.888. The van der Waals surface area contributed by atoms with Crippen molar-refractivity contribution in [2.75, 3.05) is 7.11 Å². The van der Waals surface area contributed by atoms with Crippen LogP contribution in [0.15, 0.2) is 28.7 Å². The number of thiophene rings is 1. The SMILES string of the molecule is COc1cc(F)c(Br)cc1C(O)c1ccc(Cl)s1. The van der Waals surface area contributed by atoms with Crippen molar-refractivity contribution in [1.29, 1.82) is 0 Å². The van der Waals surface area contributed by atoms with Gasteiger partial charge >= 0.3 is 0 Å². The number of aliphatic hydroxyl groups excluding tert-OH is 1. The molecule has 1 atom stereocenters. The van der Waals surface area contributed by atoms with Crippen LogP contribution in [-0.2, 0) is 0 Å². The molecular weight excluding hydrogens is 343 g/mol. The smallest absolute Gasteiger partial charge is 0.141 e. The summed E-state index contributed by atoms with van der Waals surface area (Å²) < 4.78 is 19.3. The first-order valence-corrected chi connectivity index (χ1v) is 6.98. The lowest BCUT2D eigenvalue weighted by atomic mass is 10.1. The number of rotatable bonds is 3. The Morgan fingerprint density at radius 1 is 1.44 bits per heavy atom. The Balaban J connectivity index is 2.46. The molecule has 0 bridgehead atoms. The van der Waals surface area contributed by atoms with Gasteiger partial charge in [-0.15, -0.1) is 11.3 Å². The minimum atomic E-state index is -0.894. The largest absolute Gasteiger partial charge is 0.496 e. The molecule has 0 aliphatic heterocycles. The van der Waals surface area contributed by atoms with Gasteiger partial charge in [-0.1, -0.05) is 11.6 Å². The van der Waals surface area contributed by atoms with Crippen molar-refractivity contribution in [2.45, 2.75) is 6.10 Å². The summed E-state index contributed by atoms with van der Waals surface area (Å²) in [6, 6.07) is 6.18. The highest BCUT2D eigenvalue weighted by molar-refractivity contribution is 9.10. The number of aliphatic hydroxyl groups is 1. The lowest BCUT2D eigenvalue weighted by Crippen LogP contribution is -2.01. The van der Waals surface area contributed by atoms with Crippen molar-refractivity contribution >= 4 is 38.9 Å². The molecule has 0 aliphatic rings. The van der Waals surface area contributed by atoms with E-state index < -0.39 is 11.9 Å². The maximum atomic E-state index is 13.4. The molecule has 1 N–H and O–H groups in total. The van der Waals surface area contributed by atoms with Gasteiger partial charge in [0.1, 0.15) is 17.7 Å². The van der Waals surface area contributed by atoms with Crippen LogP contribution in [0.4, 0.5) is 4.39 Å². The zero-order valence-corrected chi connectivity index (χ0v) is 12.4. The third-order valence-corrected chi connectivity index (χ3v) is 4.32. The molecule has 18 heavy (non-hydrogen) atoms. The van der Waals surface area contributed by atoms with Gasteiger partial charge in [-0.05, 0) is 34.1 Å². The molecule has 2 nitrogen and oxygen atoms in total. The van der Waals surface area contributed by atoms with Crippen molar-refractivity contribution in [3.05, 3.63) is 49.3 Å². The molecule has 96 valence electrons. The van der Waals surface area contributed by atoms with E-state index in [9.17, 15) is 9.50 Å². The van der Waals surface area contributed by atoms with Crippen LogP contribution in [0.2, 0.25) is 4.34 Å². The van der Waals surface area contributed by atoms with Gasteiger partial charge in [-0.2, -0.15) is 0 Å². The van der Waals surface area contributed by atoms with Gasteiger partial charge < -0.3 is 9.84 Å². The average Bonchev–Trinajstić information content (AvgIpc) is 2.78. The van der Waals surface area contributed by atoms with Crippen molar-refractivity contribution in [3.63, 3.8) is 0 Å². The van der Waals surface area contributed by atoms with Crippen molar-refractivity contribution in [3.8, 4) is 5.75 Å². The molecule has 0 saturated heterocycles. The molecule has 2 aromatic rings. The van der Waals surface area contributed by atoms with Crippen molar-refractivity contribution < 1.29 is 14.2 Å². The Bertz CT molecular complexity index is 573. The highest BCUT2D eigenvalue weighted by Gasteiger charge is 2.19. The highest BCUT2D eigenvalue weighted by Crippen LogP contribution is 2.37. The number of methoxy groups -OCH3 is 1. The summed E-state index contributed by atoms with van der Waals surface area (Å²) in [5, 5.41) is 10.3. The molecule has 0 aliphatic carbocycles. The summed E-state index contributed by atoms with van der Waals surface area (Å²) in [6.07, 6.45) is -0.894. The number of hydrogen-bond acceptors (Lipinski definition) is 3.